The molecular formula is C26H17Cl5N2O6. The number of fused-ring (bicyclic) bond motifs is 1. The van der Waals surface area contributed by atoms with Crippen molar-refractivity contribution in [2.75, 3.05) is 26.2 Å². The third-order valence-electron chi connectivity index (χ3n) is 6.65. The van der Waals surface area contributed by atoms with Crippen molar-refractivity contribution in [3.05, 3.63) is 78.2 Å². The number of anilines is 1. The SMILES string of the molecule is COc1ccc(OC)c([C@@H]2[C@@H](N3C(=O)c4c(Cl)c(Cl)c(Cl)c(Cl)c4C3=O)C(=O)N2c2ccc(OC)c(Cl)c2)c1. The second-order valence-corrected chi connectivity index (χ2v) is 10.4. The summed E-state index contributed by atoms with van der Waals surface area (Å²) in [6.07, 6.45) is 0. The second kappa shape index (κ2) is 10.3. The lowest BCUT2D eigenvalue weighted by Crippen LogP contribution is -2.67. The van der Waals surface area contributed by atoms with Gasteiger partial charge in [-0.15, -0.1) is 0 Å². The summed E-state index contributed by atoms with van der Waals surface area (Å²) >= 11 is 31.3. The van der Waals surface area contributed by atoms with Crippen LogP contribution in [-0.4, -0.2) is 50.0 Å². The molecule has 0 bridgehead atoms. The average Bonchev–Trinajstić information content (AvgIpc) is 3.18. The molecule has 1 fully saturated rings. The maximum Gasteiger partial charge on any atom is 0.264 e. The highest BCUT2D eigenvalue weighted by Crippen LogP contribution is 2.51. The minimum atomic E-state index is -1.30. The lowest BCUT2D eigenvalue weighted by molar-refractivity contribution is -0.130. The zero-order valence-electron chi connectivity index (χ0n) is 20.4. The van der Waals surface area contributed by atoms with Crippen LogP contribution in [0, 0.1) is 0 Å². The van der Waals surface area contributed by atoms with Gasteiger partial charge >= 0.3 is 0 Å². The summed E-state index contributed by atoms with van der Waals surface area (Å²) in [6.45, 7) is 0. The van der Waals surface area contributed by atoms with Gasteiger partial charge in [-0.05, 0) is 36.4 Å². The van der Waals surface area contributed by atoms with Crippen LogP contribution in [0.1, 0.15) is 32.3 Å². The van der Waals surface area contributed by atoms with Crippen LogP contribution in [0.5, 0.6) is 17.2 Å². The first-order valence-corrected chi connectivity index (χ1v) is 13.1. The Morgan fingerprint density at radius 2 is 1.21 bits per heavy atom. The Kier molecular flexibility index (Phi) is 7.28. The average molecular weight is 631 g/mol. The Labute approximate surface area is 247 Å². The normalized spacial score (nSPS) is 18.3. The fourth-order valence-corrected chi connectivity index (χ4v) is 6.08. The van der Waals surface area contributed by atoms with E-state index in [0.29, 0.717) is 28.5 Å². The first kappa shape index (κ1) is 27.7. The van der Waals surface area contributed by atoms with E-state index in [1.54, 1.807) is 36.4 Å². The van der Waals surface area contributed by atoms with Crippen molar-refractivity contribution in [2.24, 2.45) is 0 Å². The maximum atomic E-state index is 13.8. The van der Waals surface area contributed by atoms with Crippen LogP contribution in [0.3, 0.4) is 0 Å². The largest absolute Gasteiger partial charge is 0.497 e. The molecule has 0 spiro atoms. The molecule has 2 aliphatic heterocycles. The lowest BCUT2D eigenvalue weighted by Gasteiger charge is -2.50. The second-order valence-electron chi connectivity index (χ2n) is 8.51. The van der Waals surface area contributed by atoms with E-state index in [2.05, 4.69) is 0 Å². The van der Waals surface area contributed by atoms with Crippen LogP contribution in [0.2, 0.25) is 25.1 Å². The first-order valence-electron chi connectivity index (χ1n) is 11.2. The fourth-order valence-electron chi connectivity index (χ4n) is 4.82. The predicted molar refractivity (Wildman–Crippen MR) is 149 cm³/mol. The molecule has 39 heavy (non-hydrogen) atoms. The Morgan fingerprint density at radius 1 is 0.641 bits per heavy atom. The fraction of sp³-hybridized carbons (Fsp3) is 0.192. The molecule has 3 amide bonds. The van der Waals surface area contributed by atoms with Crippen molar-refractivity contribution >= 4 is 81.4 Å². The Bertz CT molecular complexity index is 1530. The molecule has 2 heterocycles. The van der Waals surface area contributed by atoms with E-state index >= 15 is 0 Å². The molecule has 2 aliphatic rings. The number of imide groups is 1. The molecule has 2 atom stereocenters. The van der Waals surface area contributed by atoms with Crippen LogP contribution in [-0.2, 0) is 4.79 Å². The van der Waals surface area contributed by atoms with Crippen LogP contribution in [0.25, 0.3) is 0 Å². The van der Waals surface area contributed by atoms with Crippen molar-refractivity contribution in [3.63, 3.8) is 0 Å². The molecule has 1 saturated heterocycles. The van der Waals surface area contributed by atoms with Gasteiger partial charge in [-0.2, -0.15) is 0 Å². The molecule has 8 nitrogen and oxygen atoms in total. The van der Waals surface area contributed by atoms with Crippen LogP contribution < -0.4 is 19.1 Å². The van der Waals surface area contributed by atoms with Gasteiger partial charge in [0.15, 0.2) is 0 Å². The molecule has 3 aromatic carbocycles. The number of amides is 3. The molecule has 3 aromatic rings. The minimum Gasteiger partial charge on any atom is -0.497 e. The van der Waals surface area contributed by atoms with E-state index < -0.39 is 29.8 Å². The van der Waals surface area contributed by atoms with Gasteiger partial charge in [0.2, 0.25) is 0 Å². The highest BCUT2D eigenvalue weighted by atomic mass is 35.5. The summed E-state index contributed by atoms with van der Waals surface area (Å²) in [5.41, 5.74) is 0.418. The number of ether oxygens (including phenoxy) is 3. The van der Waals surface area contributed by atoms with Crippen LogP contribution in [0.15, 0.2) is 36.4 Å². The number of β-lactam (4-membered cyclic amide) rings is 1. The van der Waals surface area contributed by atoms with Crippen molar-refractivity contribution in [1.82, 2.24) is 4.90 Å². The van der Waals surface area contributed by atoms with E-state index in [1.165, 1.54) is 26.2 Å². The standard InChI is InChI=1S/C26H17Cl5N2O6/c1-37-11-5-7-14(38-2)12(9-11)22-23(26(36)32(22)10-4-6-15(39-3)13(27)8-10)33-24(34)16-17(25(33)35)19(29)21(31)20(30)18(16)28/h4-9,22-23H,1-3H3/t22-,23-/m1/s1. The summed E-state index contributed by atoms with van der Waals surface area (Å²) in [6, 6.07) is 7.57. The predicted octanol–water partition coefficient (Wildman–Crippen LogP) is 6.73. The number of hydrogen-bond donors (Lipinski definition) is 0. The Hall–Kier alpha value is -2.88. The summed E-state index contributed by atoms with van der Waals surface area (Å²) in [7, 11) is 4.41. The molecule has 0 saturated carbocycles. The number of carbonyl (C=O) groups is 3. The third kappa shape index (κ3) is 4.08. The molecule has 0 N–H and O–H groups in total. The van der Waals surface area contributed by atoms with Crippen molar-refractivity contribution in [1.29, 1.82) is 0 Å². The molecule has 0 aliphatic carbocycles. The summed E-state index contributed by atoms with van der Waals surface area (Å²) < 4.78 is 16.2. The molecule has 0 unspecified atom stereocenters. The maximum absolute atomic E-state index is 13.8. The Balaban J connectivity index is 1.68. The van der Waals surface area contributed by atoms with Gasteiger partial charge < -0.3 is 19.1 Å². The quantitative estimate of drug-likeness (QED) is 0.130. The summed E-state index contributed by atoms with van der Waals surface area (Å²) in [4.78, 5) is 43.3. The number of benzene rings is 3. The molecule has 5 rings (SSSR count). The van der Waals surface area contributed by atoms with Gasteiger partial charge in [0.25, 0.3) is 17.7 Å². The van der Waals surface area contributed by atoms with Gasteiger partial charge in [0.1, 0.15) is 23.3 Å². The number of rotatable bonds is 6. The molecule has 0 radical (unpaired) electrons. The van der Waals surface area contributed by atoms with Crippen LogP contribution in [0.4, 0.5) is 5.69 Å². The van der Waals surface area contributed by atoms with Gasteiger partial charge in [0, 0.05) is 11.3 Å². The molecular weight excluding hydrogens is 614 g/mol. The monoisotopic (exact) mass is 628 g/mol. The highest BCUT2D eigenvalue weighted by Gasteiger charge is 2.59. The summed E-state index contributed by atoms with van der Waals surface area (Å²) in [5, 5.41) is -0.562. The van der Waals surface area contributed by atoms with Crippen LogP contribution >= 0.6 is 58.0 Å². The van der Waals surface area contributed by atoms with Gasteiger partial charge in [-0.1, -0.05) is 58.0 Å². The van der Waals surface area contributed by atoms with Crippen molar-refractivity contribution in [2.45, 2.75) is 12.1 Å². The summed E-state index contributed by atoms with van der Waals surface area (Å²) in [5.74, 6) is -0.981. The number of methoxy groups -OCH3 is 3. The van der Waals surface area contributed by atoms with Gasteiger partial charge in [-0.3, -0.25) is 19.3 Å². The zero-order valence-corrected chi connectivity index (χ0v) is 24.1. The first-order chi connectivity index (χ1) is 18.6. The van der Waals surface area contributed by atoms with E-state index in [1.807, 2.05) is 0 Å². The molecule has 13 heteroatoms. The number of nitrogens with zero attached hydrogens (tertiary/aromatic N) is 2. The number of carbonyl (C=O) groups excluding carboxylic acids is 3. The minimum absolute atomic E-state index is 0.175. The molecule has 0 aromatic heterocycles. The zero-order chi connectivity index (χ0) is 28.3. The lowest BCUT2D eigenvalue weighted by atomic mass is 9.85. The van der Waals surface area contributed by atoms with Crippen molar-refractivity contribution < 1.29 is 28.6 Å². The van der Waals surface area contributed by atoms with E-state index in [9.17, 15) is 14.4 Å². The smallest absolute Gasteiger partial charge is 0.264 e. The highest BCUT2D eigenvalue weighted by molar-refractivity contribution is 6.55. The Morgan fingerprint density at radius 3 is 1.72 bits per heavy atom. The van der Waals surface area contributed by atoms with Crippen molar-refractivity contribution in [3.8, 4) is 17.2 Å². The van der Waals surface area contributed by atoms with Gasteiger partial charge in [0.05, 0.1) is 63.6 Å². The van der Waals surface area contributed by atoms with Gasteiger partial charge in [-0.25, -0.2) is 0 Å². The topological polar surface area (TPSA) is 85.4 Å². The number of hydrogen-bond acceptors (Lipinski definition) is 6. The van der Waals surface area contributed by atoms with E-state index in [4.69, 9.17) is 72.2 Å². The van der Waals surface area contributed by atoms with E-state index in [0.717, 1.165) is 4.90 Å². The van der Waals surface area contributed by atoms with E-state index in [-0.39, 0.29) is 36.2 Å². The third-order valence-corrected chi connectivity index (χ3v) is 8.74. The molecule has 202 valence electrons. The number of halogens is 5.